The molecule has 0 bridgehead atoms. The minimum absolute atomic E-state index is 0.111. The molecule has 3 heterocycles. The molecule has 5 nitrogen and oxygen atoms in total. The summed E-state index contributed by atoms with van der Waals surface area (Å²) >= 11 is 0. The molecule has 2 aliphatic rings. The Bertz CT molecular complexity index is 765. The van der Waals surface area contributed by atoms with Crippen LogP contribution in [0.4, 0.5) is 0 Å². The lowest BCUT2D eigenvalue weighted by Gasteiger charge is -2.25. The Kier molecular flexibility index (Phi) is 5.05. The number of rotatable bonds is 4. The minimum atomic E-state index is 0.111. The van der Waals surface area contributed by atoms with Crippen molar-refractivity contribution in [3.05, 3.63) is 47.0 Å². The summed E-state index contributed by atoms with van der Waals surface area (Å²) in [7, 11) is 0. The number of benzene rings is 1. The molecule has 1 unspecified atom stereocenters. The Hall–Kier alpha value is -2.17. The second-order valence-corrected chi connectivity index (χ2v) is 7.67. The first-order valence-corrected chi connectivity index (χ1v) is 9.99. The molecule has 0 N–H and O–H groups in total. The van der Waals surface area contributed by atoms with Gasteiger partial charge in [0.15, 0.2) is 5.82 Å². The summed E-state index contributed by atoms with van der Waals surface area (Å²) in [6.07, 6.45) is 8.10. The van der Waals surface area contributed by atoms with Gasteiger partial charge in [-0.15, -0.1) is 10.2 Å². The van der Waals surface area contributed by atoms with Gasteiger partial charge in [-0.05, 0) is 44.6 Å². The van der Waals surface area contributed by atoms with Crippen molar-refractivity contribution in [3.8, 4) is 0 Å². The van der Waals surface area contributed by atoms with Crippen LogP contribution >= 0.6 is 0 Å². The third-order valence-electron chi connectivity index (χ3n) is 5.76. The van der Waals surface area contributed by atoms with Gasteiger partial charge < -0.3 is 9.47 Å². The largest absolute Gasteiger partial charge is 0.332 e. The van der Waals surface area contributed by atoms with Gasteiger partial charge in [-0.1, -0.05) is 36.2 Å². The van der Waals surface area contributed by atoms with Crippen LogP contribution < -0.4 is 0 Å². The number of aryl methyl sites for hydroxylation is 3. The van der Waals surface area contributed by atoms with E-state index in [9.17, 15) is 4.79 Å². The monoisotopic (exact) mass is 352 g/mol. The van der Waals surface area contributed by atoms with E-state index in [1.165, 1.54) is 30.4 Å². The first kappa shape index (κ1) is 17.3. The van der Waals surface area contributed by atoms with Crippen LogP contribution in [-0.4, -0.2) is 32.1 Å². The highest BCUT2D eigenvalue weighted by Gasteiger charge is 2.34. The third kappa shape index (κ3) is 3.53. The fourth-order valence-corrected chi connectivity index (χ4v) is 4.24. The smallest absolute Gasteiger partial charge is 0.223 e. The number of carbonyl (C=O) groups excluding carboxylic acids is 1. The van der Waals surface area contributed by atoms with Crippen molar-refractivity contribution in [3.63, 3.8) is 0 Å². The summed E-state index contributed by atoms with van der Waals surface area (Å²) in [6.45, 7) is 3.93. The molecular formula is C21H28N4O. The van der Waals surface area contributed by atoms with E-state index < -0.39 is 0 Å². The molecule has 1 aromatic carbocycles. The number of carbonyl (C=O) groups is 1. The van der Waals surface area contributed by atoms with E-state index in [1.807, 2.05) is 0 Å². The number of nitrogens with zero attached hydrogens (tertiary/aromatic N) is 4. The van der Waals surface area contributed by atoms with E-state index in [1.54, 1.807) is 0 Å². The van der Waals surface area contributed by atoms with Crippen molar-refractivity contribution in [1.82, 2.24) is 19.7 Å². The van der Waals surface area contributed by atoms with E-state index in [4.69, 9.17) is 0 Å². The molecule has 0 radical (unpaired) electrons. The molecule has 1 atom stereocenters. The van der Waals surface area contributed by atoms with Gasteiger partial charge in [0, 0.05) is 25.9 Å². The second kappa shape index (κ2) is 7.60. The maximum atomic E-state index is 12.9. The SMILES string of the molecule is Cc1ccc(CCC(=O)N2CCCC2c2nnc3n2CCCCC3)cc1. The van der Waals surface area contributed by atoms with Gasteiger partial charge in [-0.25, -0.2) is 0 Å². The maximum absolute atomic E-state index is 12.9. The average Bonchev–Trinajstić information content (AvgIpc) is 3.22. The molecule has 0 saturated carbocycles. The van der Waals surface area contributed by atoms with E-state index in [-0.39, 0.29) is 11.9 Å². The summed E-state index contributed by atoms with van der Waals surface area (Å²) in [4.78, 5) is 14.9. The third-order valence-corrected chi connectivity index (χ3v) is 5.76. The lowest BCUT2D eigenvalue weighted by molar-refractivity contribution is -0.132. The molecule has 2 aromatic rings. The summed E-state index contributed by atoms with van der Waals surface area (Å²) in [5.74, 6) is 2.37. The van der Waals surface area contributed by atoms with E-state index in [0.29, 0.717) is 6.42 Å². The van der Waals surface area contributed by atoms with Crippen LogP contribution in [0.3, 0.4) is 0 Å². The molecule has 1 saturated heterocycles. The molecule has 1 aromatic heterocycles. The van der Waals surface area contributed by atoms with Crippen molar-refractivity contribution >= 4 is 5.91 Å². The number of likely N-dealkylation sites (tertiary alicyclic amines) is 1. The zero-order valence-corrected chi connectivity index (χ0v) is 15.7. The van der Waals surface area contributed by atoms with Gasteiger partial charge in [0.25, 0.3) is 0 Å². The number of fused-ring (bicyclic) bond motifs is 1. The number of aromatic nitrogens is 3. The van der Waals surface area contributed by atoms with Crippen LogP contribution in [0.25, 0.3) is 0 Å². The Morgan fingerprint density at radius 2 is 1.92 bits per heavy atom. The summed E-state index contributed by atoms with van der Waals surface area (Å²) in [5.41, 5.74) is 2.49. The highest BCUT2D eigenvalue weighted by molar-refractivity contribution is 5.77. The molecule has 5 heteroatoms. The molecule has 0 aliphatic carbocycles. The minimum Gasteiger partial charge on any atom is -0.332 e. The molecular weight excluding hydrogens is 324 g/mol. The van der Waals surface area contributed by atoms with Crippen molar-refractivity contribution in [2.75, 3.05) is 6.54 Å². The molecule has 4 rings (SSSR count). The van der Waals surface area contributed by atoms with Crippen molar-refractivity contribution in [2.24, 2.45) is 0 Å². The lowest BCUT2D eigenvalue weighted by Crippen LogP contribution is -2.32. The van der Waals surface area contributed by atoms with Crippen LogP contribution in [0.1, 0.15) is 67.3 Å². The zero-order chi connectivity index (χ0) is 17.9. The van der Waals surface area contributed by atoms with E-state index >= 15 is 0 Å². The molecule has 1 fully saturated rings. The molecule has 1 amide bonds. The number of hydrogen-bond donors (Lipinski definition) is 0. The Labute approximate surface area is 155 Å². The Morgan fingerprint density at radius 1 is 1.08 bits per heavy atom. The van der Waals surface area contributed by atoms with Crippen LogP contribution in [0, 0.1) is 6.92 Å². The highest BCUT2D eigenvalue weighted by atomic mass is 16.2. The molecule has 138 valence electrons. The van der Waals surface area contributed by atoms with Gasteiger partial charge in [0.1, 0.15) is 5.82 Å². The summed E-state index contributed by atoms with van der Waals surface area (Å²) < 4.78 is 2.29. The lowest BCUT2D eigenvalue weighted by atomic mass is 10.1. The van der Waals surface area contributed by atoms with Gasteiger partial charge in [-0.2, -0.15) is 0 Å². The van der Waals surface area contributed by atoms with Gasteiger partial charge in [0.05, 0.1) is 6.04 Å². The van der Waals surface area contributed by atoms with Gasteiger partial charge >= 0.3 is 0 Å². The fourth-order valence-electron chi connectivity index (χ4n) is 4.24. The van der Waals surface area contributed by atoms with Crippen LogP contribution in [0.15, 0.2) is 24.3 Å². The van der Waals surface area contributed by atoms with E-state index in [2.05, 4.69) is 50.9 Å². The summed E-state index contributed by atoms with van der Waals surface area (Å²) in [6, 6.07) is 8.60. The average molecular weight is 352 g/mol. The number of amides is 1. The van der Waals surface area contributed by atoms with E-state index in [0.717, 1.165) is 50.4 Å². The van der Waals surface area contributed by atoms with Crippen molar-refractivity contribution in [1.29, 1.82) is 0 Å². The molecule has 2 aliphatic heterocycles. The maximum Gasteiger partial charge on any atom is 0.223 e. The van der Waals surface area contributed by atoms with Gasteiger partial charge in [0.2, 0.25) is 5.91 Å². The highest BCUT2D eigenvalue weighted by Crippen LogP contribution is 2.33. The first-order chi connectivity index (χ1) is 12.7. The first-order valence-electron chi connectivity index (χ1n) is 9.99. The Morgan fingerprint density at radius 3 is 2.77 bits per heavy atom. The zero-order valence-electron chi connectivity index (χ0n) is 15.7. The number of hydrogen-bond acceptors (Lipinski definition) is 3. The normalized spacial score (nSPS) is 20.0. The quantitative estimate of drug-likeness (QED) is 0.845. The second-order valence-electron chi connectivity index (χ2n) is 7.67. The standard InChI is InChI=1S/C21H28N4O/c1-16-8-10-17(11-9-16)12-13-20(26)24-15-5-6-18(24)21-23-22-19-7-3-2-4-14-25(19)21/h8-11,18H,2-7,12-15H2,1H3. The predicted molar refractivity (Wildman–Crippen MR) is 101 cm³/mol. The van der Waals surface area contributed by atoms with Crippen LogP contribution in [0.2, 0.25) is 0 Å². The van der Waals surface area contributed by atoms with Crippen molar-refractivity contribution in [2.45, 2.75) is 70.9 Å². The Balaban J connectivity index is 1.45. The predicted octanol–water partition coefficient (Wildman–Crippen LogP) is 3.61. The van der Waals surface area contributed by atoms with Gasteiger partial charge in [-0.3, -0.25) is 4.79 Å². The molecule has 26 heavy (non-hydrogen) atoms. The molecule has 0 spiro atoms. The summed E-state index contributed by atoms with van der Waals surface area (Å²) in [5, 5.41) is 8.93. The van der Waals surface area contributed by atoms with Crippen LogP contribution in [-0.2, 0) is 24.2 Å². The van der Waals surface area contributed by atoms with Crippen LogP contribution in [0.5, 0.6) is 0 Å². The topological polar surface area (TPSA) is 51.0 Å². The fraction of sp³-hybridized carbons (Fsp3) is 0.571. The van der Waals surface area contributed by atoms with Crippen molar-refractivity contribution < 1.29 is 4.79 Å².